The molecule has 7 heteroatoms. The number of nitrogens with one attached hydrogen (secondary N) is 1. The monoisotopic (exact) mass is 429 g/mol. The SMILES string of the molecule is CC[C@H](CNC(=O)c1cccc(S(=O)(=O)N2CCN(C)CC2)c1)Cc1ccccc1. The molecule has 0 bridgehead atoms. The van der Waals surface area contributed by atoms with Gasteiger partial charge in [0.2, 0.25) is 10.0 Å². The lowest BCUT2D eigenvalue weighted by Crippen LogP contribution is -2.47. The van der Waals surface area contributed by atoms with E-state index in [0.717, 1.165) is 12.8 Å². The van der Waals surface area contributed by atoms with Crippen molar-refractivity contribution in [3.05, 3.63) is 65.7 Å². The Labute approximate surface area is 179 Å². The number of benzene rings is 2. The molecule has 1 N–H and O–H groups in total. The minimum absolute atomic E-state index is 0.177. The minimum atomic E-state index is -3.59. The molecule has 0 aromatic heterocycles. The van der Waals surface area contributed by atoms with Gasteiger partial charge in [-0.05, 0) is 43.1 Å². The van der Waals surface area contributed by atoms with Crippen LogP contribution in [0.15, 0.2) is 59.5 Å². The second kappa shape index (κ2) is 10.2. The lowest BCUT2D eigenvalue weighted by atomic mass is 9.97. The normalized spacial score (nSPS) is 16.9. The van der Waals surface area contributed by atoms with E-state index in [-0.39, 0.29) is 10.8 Å². The summed E-state index contributed by atoms with van der Waals surface area (Å²) in [5, 5.41) is 2.98. The predicted molar refractivity (Wildman–Crippen MR) is 119 cm³/mol. The lowest BCUT2D eigenvalue weighted by Gasteiger charge is -2.31. The van der Waals surface area contributed by atoms with Crippen LogP contribution in [-0.2, 0) is 16.4 Å². The van der Waals surface area contributed by atoms with E-state index >= 15 is 0 Å². The highest BCUT2D eigenvalue weighted by Gasteiger charge is 2.28. The number of likely N-dealkylation sites (N-methyl/N-ethyl adjacent to an activating group) is 1. The van der Waals surface area contributed by atoms with Gasteiger partial charge in [0.05, 0.1) is 4.90 Å². The number of sulfonamides is 1. The molecule has 0 unspecified atom stereocenters. The highest BCUT2D eigenvalue weighted by Crippen LogP contribution is 2.19. The van der Waals surface area contributed by atoms with Crippen LogP contribution in [0.4, 0.5) is 0 Å². The maximum Gasteiger partial charge on any atom is 0.251 e. The van der Waals surface area contributed by atoms with Crippen LogP contribution >= 0.6 is 0 Å². The Hall–Kier alpha value is -2.22. The topological polar surface area (TPSA) is 69.7 Å². The number of amides is 1. The molecule has 1 fully saturated rings. The molecule has 2 aromatic rings. The highest BCUT2D eigenvalue weighted by atomic mass is 32.2. The maximum absolute atomic E-state index is 13.0. The van der Waals surface area contributed by atoms with Crippen LogP contribution in [0.1, 0.15) is 29.3 Å². The molecule has 0 saturated carbocycles. The first-order valence-corrected chi connectivity index (χ1v) is 11.9. The van der Waals surface area contributed by atoms with Crippen LogP contribution in [0.3, 0.4) is 0 Å². The average Bonchev–Trinajstić information content (AvgIpc) is 2.77. The Balaban J connectivity index is 1.64. The number of carbonyl (C=O) groups is 1. The maximum atomic E-state index is 13.0. The number of nitrogens with zero attached hydrogens (tertiary/aromatic N) is 2. The van der Waals surface area contributed by atoms with Crippen LogP contribution in [0.2, 0.25) is 0 Å². The first-order valence-electron chi connectivity index (χ1n) is 10.5. The molecule has 162 valence electrons. The van der Waals surface area contributed by atoms with Gasteiger partial charge >= 0.3 is 0 Å². The van der Waals surface area contributed by atoms with Gasteiger partial charge in [0.25, 0.3) is 5.91 Å². The predicted octanol–water partition coefficient (Wildman–Crippen LogP) is 2.62. The van der Waals surface area contributed by atoms with Crippen LogP contribution in [-0.4, -0.2) is 63.3 Å². The van der Waals surface area contributed by atoms with Crippen molar-refractivity contribution < 1.29 is 13.2 Å². The summed E-state index contributed by atoms with van der Waals surface area (Å²) < 4.78 is 27.4. The zero-order valence-corrected chi connectivity index (χ0v) is 18.6. The third-order valence-corrected chi connectivity index (χ3v) is 7.59. The van der Waals surface area contributed by atoms with E-state index in [1.165, 1.54) is 15.9 Å². The molecule has 3 rings (SSSR count). The van der Waals surface area contributed by atoms with Gasteiger partial charge in [-0.15, -0.1) is 0 Å². The summed E-state index contributed by atoms with van der Waals surface area (Å²) in [6, 6.07) is 16.6. The van der Waals surface area contributed by atoms with Crippen LogP contribution in [0.25, 0.3) is 0 Å². The van der Waals surface area contributed by atoms with Crippen molar-refractivity contribution in [3.63, 3.8) is 0 Å². The fraction of sp³-hybridized carbons (Fsp3) is 0.435. The Morgan fingerprint density at radius 3 is 2.40 bits per heavy atom. The largest absolute Gasteiger partial charge is 0.352 e. The molecule has 0 aliphatic carbocycles. The molecule has 1 aliphatic rings. The molecule has 0 spiro atoms. The van der Waals surface area contributed by atoms with Crippen molar-refractivity contribution in [1.82, 2.24) is 14.5 Å². The first kappa shape index (κ1) is 22.5. The zero-order valence-electron chi connectivity index (χ0n) is 17.8. The molecule has 6 nitrogen and oxygen atoms in total. The molecule has 2 aromatic carbocycles. The lowest BCUT2D eigenvalue weighted by molar-refractivity contribution is 0.0946. The van der Waals surface area contributed by atoms with Gasteiger partial charge in [-0.2, -0.15) is 4.31 Å². The second-order valence-electron chi connectivity index (χ2n) is 7.91. The number of hydrogen-bond donors (Lipinski definition) is 1. The van der Waals surface area contributed by atoms with Crippen LogP contribution < -0.4 is 5.32 Å². The van der Waals surface area contributed by atoms with E-state index in [0.29, 0.717) is 44.2 Å². The summed E-state index contributed by atoms with van der Waals surface area (Å²) in [6.45, 7) is 5.01. The summed E-state index contributed by atoms with van der Waals surface area (Å²) in [4.78, 5) is 15.0. The third-order valence-electron chi connectivity index (χ3n) is 5.69. The smallest absolute Gasteiger partial charge is 0.251 e. The Morgan fingerprint density at radius 1 is 1.03 bits per heavy atom. The number of hydrogen-bond acceptors (Lipinski definition) is 4. The van der Waals surface area contributed by atoms with Gasteiger partial charge in [-0.25, -0.2) is 8.42 Å². The van der Waals surface area contributed by atoms with Crippen molar-refractivity contribution in [2.75, 3.05) is 39.8 Å². The molecule has 0 radical (unpaired) electrons. The molecular formula is C23H31N3O3S. The van der Waals surface area contributed by atoms with Gasteiger partial charge in [-0.1, -0.05) is 49.7 Å². The van der Waals surface area contributed by atoms with Gasteiger partial charge in [0.15, 0.2) is 0 Å². The average molecular weight is 430 g/mol. The van der Waals surface area contributed by atoms with Crippen LogP contribution in [0.5, 0.6) is 0 Å². The molecule has 1 amide bonds. The molecule has 1 atom stereocenters. The fourth-order valence-electron chi connectivity index (χ4n) is 3.62. The highest BCUT2D eigenvalue weighted by molar-refractivity contribution is 7.89. The fourth-order valence-corrected chi connectivity index (χ4v) is 5.09. The molecule has 1 saturated heterocycles. The summed E-state index contributed by atoms with van der Waals surface area (Å²) in [7, 11) is -1.61. The third kappa shape index (κ3) is 5.68. The van der Waals surface area contributed by atoms with Gasteiger partial charge in [0, 0.05) is 38.3 Å². The van der Waals surface area contributed by atoms with E-state index in [4.69, 9.17) is 0 Å². The van der Waals surface area contributed by atoms with E-state index in [9.17, 15) is 13.2 Å². The molecule has 1 aliphatic heterocycles. The van der Waals surface area contributed by atoms with Crippen molar-refractivity contribution >= 4 is 15.9 Å². The van der Waals surface area contributed by atoms with Crippen molar-refractivity contribution in [3.8, 4) is 0 Å². The molecule has 1 heterocycles. The van der Waals surface area contributed by atoms with E-state index in [1.807, 2.05) is 25.2 Å². The van der Waals surface area contributed by atoms with E-state index in [1.54, 1.807) is 18.2 Å². The zero-order chi connectivity index (χ0) is 21.6. The molecular weight excluding hydrogens is 398 g/mol. The van der Waals surface area contributed by atoms with Gasteiger partial charge in [-0.3, -0.25) is 4.79 Å². The minimum Gasteiger partial charge on any atom is -0.352 e. The quantitative estimate of drug-likeness (QED) is 0.700. The first-order chi connectivity index (χ1) is 14.4. The van der Waals surface area contributed by atoms with Crippen LogP contribution in [0, 0.1) is 5.92 Å². The van der Waals surface area contributed by atoms with Crippen molar-refractivity contribution in [1.29, 1.82) is 0 Å². The summed E-state index contributed by atoms with van der Waals surface area (Å²) in [6.07, 6.45) is 1.85. The Morgan fingerprint density at radius 2 is 1.73 bits per heavy atom. The van der Waals surface area contributed by atoms with E-state index in [2.05, 4.69) is 29.3 Å². The summed E-state index contributed by atoms with van der Waals surface area (Å²) >= 11 is 0. The second-order valence-corrected chi connectivity index (χ2v) is 9.85. The Bertz CT molecular complexity index is 939. The Kier molecular flexibility index (Phi) is 7.64. The van der Waals surface area contributed by atoms with E-state index < -0.39 is 10.0 Å². The standard InChI is InChI=1S/C23H31N3O3S/c1-3-19(16-20-8-5-4-6-9-20)18-24-23(27)21-10-7-11-22(17-21)30(28,29)26-14-12-25(2)13-15-26/h4-11,17,19H,3,12-16,18H2,1-2H3,(H,24,27)/t19-/m0/s1. The molecule has 30 heavy (non-hydrogen) atoms. The van der Waals surface area contributed by atoms with Crippen molar-refractivity contribution in [2.24, 2.45) is 5.92 Å². The summed E-state index contributed by atoms with van der Waals surface area (Å²) in [5.41, 5.74) is 1.62. The van der Waals surface area contributed by atoms with Crippen molar-refractivity contribution in [2.45, 2.75) is 24.7 Å². The summed E-state index contributed by atoms with van der Waals surface area (Å²) in [5.74, 6) is 0.0885. The number of rotatable bonds is 8. The number of piperazine rings is 1. The van der Waals surface area contributed by atoms with Gasteiger partial charge in [0.1, 0.15) is 0 Å². The number of carbonyl (C=O) groups excluding carboxylic acids is 1. The van der Waals surface area contributed by atoms with Gasteiger partial charge < -0.3 is 10.2 Å².